The molecule has 0 saturated carbocycles. The van der Waals surface area contributed by atoms with Gasteiger partial charge in [0.25, 0.3) is 0 Å². The van der Waals surface area contributed by atoms with Crippen LogP contribution in [-0.4, -0.2) is 41.1 Å². The number of allylic oxidation sites excluding steroid dienone is 2. The molecule has 3 aliphatic rings. The molecule has 2 heterocycles. The first-order chi connectivity index (χ1) is 13.9. The first-order valence-electron chi connectivity index (χ1n) is 10.1. The number of carbonyl (C=O) groups is 4. The SMILES string of the molecule is Cc1cc(NC(=O)C(C)N2C(=O)C3CC=CCC3C2=O)ccc1N1CCCC1=O. The number of hydrogen-bond acceptors (Lipinski definition) is 4. The van der Waals surface area contributed by atoms with Crippen LogP contribution in [-0.2, 0) is 19.2 Å². The van der Waals surface area contributed by atoms with Crippen molar-refractivity contribution in [3.8, 4) is 0 Å². The quantitative estimate of drug-likeness (QED) is 0.627. The standard InChI is InChI=1S/C22H25N3O4/c1-13-12-15(9-10-18(13)24-11-5-8-19(24)26)23-20(27)14(2)25-21(28)16-6-3-4-7-17(16)22(25)29/h3-4,9-10,12,14,16-17H,5-8,11H2,1-2H3,(H,23,27). The first kappa shape index (κ1) is 19.4. The number of imide groups is 1. The summed E-state index contributed by atoms with van der Waals surface area (Å²) in [6.07, 6.45) is 6.37. The van der Waals surface area contributed by atoms with Crippen molar-refractivity contribution in [3.05, 3.63) is 35.9 Å². The van der Waals surface area contributed by atoms with E-state index in [-0.39, 0.29) is 29.6 Å². The first-order valence-corrected chi connectivity index (χ1v) is 10.1. The van der Waals surface area contributed by atoms with Gasteiger partial charge >= 0.3 is 0 Å². The lowest BCUT2D eigenvalue weighted by molar-refractivity contribution is -0.146. The van der Waals surface area contributed by atoms with Crippen molar-refractivity contribution in [1.29, 1.82) is 0 Å². The summed E-state index contributed by atoms with van der Waals surface area (Å²) >= 11 is 0. The summed E-state index contributed by atoms with van der Waals surface area (Å²) in [5.74, 6) is -1.50. The molecule has 2 aliphatic heterocycles. The van der Waals surface area contributed by atoms with Gasteiger partial charge in [-0.05, 0) is 56.9 Å². The predicted molar refractivity (Wildman–Crippen MR) is 108 cm³/mol. The Kier molecular flexibility index (Phi) is 4.98. The van der Waals surface area contributed by atoms with Crippen molar-refractivity contribution in [3.63, 3.8) is 0 Å². The summed E-state index contributed by atoms with van der Waals surface area (Å²) in [4.78, 5) is 53.0. The summed E-state index contributed by atoms with van der Waals surface area (Å²) < 4.78 is 0. The van der Waals surface area contributed by atoms with Crippen molar-refractivity contribution in [2.45, 2.75) is 45.6 Å². The van der Waals surface area contributed by atoms with Crippen molar-refractivity contribution < 1.29 is 19.2 Å². The van der Waals surface area contributed by atoms with Gasteiger partial charge in [-0.1, -0.05) is 12.2 Å². The molecule has 2 saturated heterocycles. The number of nitrogens with zero attached hydrogens (tertiary/aromatic N) is 2. The minimum atomic E-state index is -0.874. The van der Waals surface area contributed by atoms with Crippen LogP contribution in [0.5, 0.6) is 0 Å². The van der Waals surface area contributed by atoms with Crippen molar-refractivity contribution in [2.75, 3.05) is 16.8 Å². The molecule has 3 unspecified atom stereocenters. The Morgan fingerprint density at radius 1 is 1.10 bits per heavy atom. The van der Waals surface area contributed by atoms with Gasteiger partial charge in [-0.3, -0.25) is 24.1 Å². The summed E-state index contributed by atoms with van der Waals surface area (Å²) in [6, 6.07) is 4.50. The predicted octanol–water partition coefficient (Wildman–Crippen LogP) is 2.40. The normalized spacial score (nSPS) is 24.8. The zero-order valence-electron chi connectivity index (χ0n) is 16.7. The van der Waals surface area contributed by atoms with Gasteiger partial charge < -0.3 is 10.2 Å². The average Bonchev–Trinajstić information content (AvgIpc) is 3.23. The van der Waals surface area contributed by atoms with Crippen LogP contribution in [0.25, 0.3) is 0 Å². The van der Waals surface area contributed by atoms with Crippen LogP contribution < -0.4 is 10.2 Å². The van der Waals surface area contributed by atoms with Crippen molar-refractivity contribution in [2.24, 2.45) is 11.8 Å². The van der Waals surface area contributed by atoms with Crippen LogP contribution in [0, 0.1) is 18.8 Å². The average molecular weight is 395 g/mol. The third-order valence-electron chi connectivity index (χ3n) is 6.14. The molecule has 1 aliphatic carbocycles. The van der Waals surface area contributed by atoms with Gasteiger partial charge in [-0.25, -0.2) is 0 Å². The zero-order chi connectivity index (χ0) is 20.7. The third kappa shape index (κ3) is 3.34. The van der Waals surface area contributed by atoms with Crippen LogP contribution in [0.4, 0.5) is 11.4 Å². The van der Waals surface area contributed by atoms with Gasteiger partial charge in [0.05, 0.1) is 11.8 Å². The molecule has 29 heavy (non-hydrogen) atoms. The molecule has 0 aromatic heterocycles. The number of fused-ring (bicyclic) bond motifs is 1. The smallest absolute Gasteiger partial charge is 0.247 e. The monoisotopic (exact) mass is 395 g/mol. The van der Waals surface area contributed by atoms with E-state index < -0.39 is 11.9 Å². The highest BCUT2D eigenvalue weighted by Crippen LogP contribution is 2.36. The highest BCUT2D eigenvalue weighted by atomic mass is 16.2. The van der Waals surface area contributed by atoms with E-state index in [0.717, 1.165) is 22.6 Å². The second kappa shape index (κ2) is 7.46. The number of likely N-dealkylation sites (tertiary alicyclic amines) is 1. The molecular weight excluding hydrogens is 370 g/mol. The van der Waals surface area contributed by atoms with Gasteiger partial charge in [0.2, 0.25) is 23.6 Å². The summed E-state index contributed by atoms with van der Waals surface area (Å²) in [7, 11) is 0. The largest absolute Gasteiger partial charge is 0.324 e. The summed E-state index contributed by atoms with van der Waals surface area (Å²) in [5, 5.41) is 2.81. The van der Waals surface area contributed by atoms with Gasteiger partial charge in [0.15, 0.2) is 0 Å². The van der Waals surface area contributed by atoms with E-state index >= 15 is 0 Å². The van der Waals surface area contributed by atoms with Crippen LogP contribution in [0.15, 0.2) is 30.4 Å². The van der Waals surface area contributed by atoms with Gasteiger partial charge in [0, 0.05) is 24.3 Å². The highest BCUT2D eigenvalue weighted by Gasteiger charge is 2.50. The van der Waals surface area contributed by atoms with Crippen LogP contribution in [0.3, 0.4) is 0 Å². The van der Waals surface area contributed by atoms with Crippen LogP contribution in [0.1, 0.15) is 38.2 Å². The Balaban J connectivity index is 1.46. The summed E-state index contributed by atoms with van der Waals surface area (Å²) in [5.41, 5.74) is 2.31. The number of nitrogens with one attached hydrogen (secondary N) is 1. The second-order valence-electron chi connectivity index (χ2n) is 8.02. The van der Waals surface area contributed by atoms with Crippen molar-refractivity contribution >= 4 is 35.0 Å². The number of anilines is 2. The third-order valence-corrected chi connectivity index (χ3v) is 6.14. The highest BCUT2D eigenvalue weighted by molar-refractivity contribution is 6.10. The molecule has 1 aromatic carbocycles. The van der Waals surface area contributed by atoms with Crippen LogP contribution in [0.2, 0.25) is 0 Å². The molecule has 0 bridgehead atoms. The van der Waals surface area contributed by atoms with Gasteiger partial charge in [0.1, 0.15) is 6.04 Å². The molecule has 152 valence electrons. The van der Waals surface area contributed by atoms with E-state index in [0.29, 0.717) is 31.5 Å². The lowest BCUT2D eigenvalue weighted by atomic mass is 9.85. The molecule has 4 rings (SSSR count). The number of rotatable bonds is 4. The Morgan fingerprint density at radius 2 is 1.76 bits per heavy atom. The molecule has 0 spiro atoms. The molecule has 1 N–H and O–H groups in total. The lowest BCUT2D eigenvalue weighted by Gasteiger charge is -2.23. The minimum Gasteiger partial charge on any atom is -0.324 e. The Morgan fingerprint density at radius 3 is 2.31 bits per heavy atom. The van der Waals surface area contributed by atoms with Gasteiger partial charge in [-0.15, -0.1) is 0 Å². The molecule has 7 nitrogen and oxygen atoms in total. The number of carbonyl (C=O) groups excluding carboxylic acids is 4. The number of benzene rings is 1. The molecule has 0 radical (unpaired) electrons. The number of aryl methyl sites for hydroxylation is 1. The van der Waals surface area contributed by atoms with E-state index in [1.165, 1.54) is 0 Å². The molecular formula is C22H25N3O4. The second-order valence-corrected chi connectivity index (χ2v) is 8.02. The zero-order valence-corrected chi connectivity index (χ0v) is 16.7. The number of hydrogen-bond donors (Lipinski definition) is 1. The fourth-order valence-corrected chi connectivity index (χ4v) is 4.51. The van der Waals surface area contributed by atoms with E-state index in [9.17, 15) is 19.2 Å². The Labute approximate surface area is 169 Å². The lowest BCUT2D eigenvalue weighted by Crippen LogP contribution is -2.46. The van der Waals surface area contributed by atoms with E-state index in [4.69, 9.17) is 0 Å². The maximum absolute atomic E-state index is 12.8. The minimum absolute atomic E-state index is 0.112. The Hall–Kier alpha value is -2.96. The topological polar surface area (TPSA) is 86.8 Å². The molecule has 7 heteroatoms. The van der Waals surface area contributed by atoms with Crippen molar-refractivity contribution in [1.82, 2.24) is 4.90 Å². The van der Waals surface area contributed by atoms with E-state index in [2.05, 4.69) is 5.32 Å². The fraction of sp³-hybridized carbons (Fsp3) is 0.455. The number of amides is 4. The molecule has 2 fully saturated rings. The molecule has 4 amide bonds. The van der Waals surface area contributed by atoms with E-state index in [1.807, 2.05) is 31.2 Å². The van der Waals surface area contributed by atoms with Gasteiger partial charge in [-0.2, -0.15) is 0 Å². The maximum atomic E-state index is 12.8. The fourth-order valence-electron chi connectivity index (χ4n) is 4.51. The van der Waals surface area contributed by atoms with E-state index in [1.54, 1.807) is 17.9 Å². The summed E-state index contributed by atoms with van der Waals surface area (Å²) in [6.45, 7) is 4.18. The molecule has 1 aromatic rings. The van der Waals surface area contributed by atoms with Crippen LogP contribution >= 0.6 is 0 Å². The molecule has 3 atom stereocenters. The Bertz CT molecular complexity index is 897. The maximum Gasteiger partial charge on any atom is 0.247 e.